The van der Waals surface area contributed by atoms with E-state index < -0.39 is 0 Å². The van der Waals surface area contributed by atoms with Crippen LogP contribution in [0.3, 0.4) is 0 Å². The van der Waals surface area contributed by atoms with Crippen molar-refractivity contribution in [2.75, 3.05) is 11.1 Å². The summed E-state index contributed by atoms with van der Waals surface area (Å²) in [6, 6.07) is 7.20. The minimum Gasteiger partial charge on any atom is -0.411 e. The minimum atomic E-state index is -0.238. The Hall–Kier alpha value is -2.70. The third-order valence-corrected chi connectivity index (χ3v) is 4.35. The molecule has 0 bridgehead atoms. The van der Waals surface area contributed by atoms with E-state index in [1.807, 2.05) is 6.07 Å². The number of thioether (sulfide) groups is 1. The zero-order valence-electron chi connectivity index (χ0n) is 11.6. The Balaban J connectivity index is 1.58. The van der Waals surface area contributed by atoms with Crippen molar-refractivity contribution in [1.82, 2.24) is 15.2 Å². The molecule has 3 aromatic rings. The summed E-state index contributed by atoms with van der Waals surface area (Å²) in [6.45, 7) is 0. The predicted octanol–water partition coefficient (Wildman–Crippen LogP) is 2.80. The van der Waals surface area contributed by atoms with Crippen molar-refractivity contribution in [3.8, 4) is 17.5 Å². The van der Waals surface area contributed by atoms with E-state index in [0.717, 1.165) is 17.3 Å². The van der Waals surface area contributed by atoms with Crippen molar-refractivity contribution in [2.45, 2.75) is 5.22 Å². The van der Waals surface area contributed by atoms with E-state index in [4.69, 9.17) is 9.68 Å². The molecule has 3 aromatic heterocycles. The molecule has 0 unspecified atom stereocenters. The number of carbonyl (C=O) groups excluding carboxylic acids is 1. The molecule has 0 aromatic carbocycles. The Bertz CT molecular complexity index is 853. The van der Waals surface area contributed by atoms with E-state index in [-0.39, 0.29) is 11.7 Å². The van der Waals surface area contributed by atoms with Crippen LogP contribution in [0, 0.1) is 11.3 Å². The normalized spacial score (nSPS) is 10.2. The van der Waals surface area contributed by atoms with Gasteiger partial charge in [0.1, 0.15) is 11.1 Å². The Labute approximate surface area is 139 Å². The van der Waals surface area contributed by atoms with Crippen LogP contribution in [0.2, 0.25) is 0 Å². The van der Waals surface area contributed by atoms with Gasteiger partial charge >= 0.3 is 0 Å². The van der Waals surface area contributed by atoms with Crippen molar-refractivity contribution in [2.24, 2.45) is 0 Å². The number of hydrogen-bond acceptors (Lipinski definition) is 8. The molecule has 7 nitrogen and oxygen atoms in total. The number of aromatic nitrogens is 3. The lowest BCUT2D eigenvalue weighted by Gasteiger charge is -2.01. The predicted molar refractivity (Wildman–Crippen MR) is 85.9 cm³/mol. The summed E-state index contributed by atoms with van der Waals surface area (Å²) in [5, 5.41) is 22.0. The monoisotopic (exact) mass is 343 g/mol. The van der Waals surface area contributed by atoms with Crippen LogP contribution < -0.4 is 5.32 Å². The summed E-state index contributed by atoms with van der Waals surface area (Å²) in [7, 11) is 0. The lowest BCUT2D eigenvalue weighted by atomic mass is 10.3. The summed E-state index contributed by atoms with van der Waals surface area (Å²) < 4.78 is 5.48. The van der Waals surface area contributed by atoms with Gasteiger partial charge < -0.3 is 9.73 Å². The van der Waals surface area contributed by atoms with E-state index in [0.29, 0.717) is 21.7 Å². The summed E-state index contributed by atoms with van der Waals surface area (Å²) in [6.07, 6.45) is 3.27. The maximum absolute atomic E-state index is 11.9. The molecule has 1 amide bonds. The van der Waals surface area contributed by atoms with Crippen LogP contribution >= 0.6 is 23.1 Å². The van der Waals surface area contributed by atoms with Gasteiger partial charge in [0.15, 0.2) is 0 Å². The highest BCUT2D eigenvalue weighted by atomic mass is 32.2. The summed E-state index contributed by atoms with van der Waals surface area (Å²) in [5.41, 5.74) is 1.21. The lowest BCUT2D eigenvalue weighted by Crippen LogP contribution is -2.13. The fourth-order valence-electron chi connectivity index (χ4n) is 1.66. The Morgan fingerprint density at radius 1 is 1.35 bits per heavy atom. The molecular weight excluding hydrogens is 334 g/mol. The molecular formula is C14H9N5O2S2. The summed E-state index contributed by atoms with van der Waals surface area (Å²) in [5.74, 6) is 0.249. The quantitative estimate of drug-likeness (QED) is 0.710. The smallest absolute Gasteiger partial charge is 0.277 e. The third kappa shape index (κ3) is 3.74. The number of rotatable bonds is 5. The molecule has 0 radical (unpaired) electrons. The van der Waals surface area contributed by atoms with Gasteiger partial charge in [0, 0.05) is 18.0 Å². The molecule has 0 fully saturated rings. The largest absolute Gasteiger partial charge is 0.411 e. The van der Waals surface area contributed by atoms with Gasteiger partial charge in [-0.2, -0.15) is 5.26 Å². The van der Waals surface area contributed by atoms with Crippen LogP contribution in [-0.4, -0.2) is 26.8 Å². The van der Waals surface area contributed by atoms with Crippen LogP contribution in [0.25, 0.3) is 11.5 Å². The van der Waals surface area contributed by atoms with E-state index in [1.165, 1.54) is 11.3 Å². The number of carbonyl (C=O) groups is 1. The molecule has 0 saturated carbocycles. The van der Waals surface area contributed by atoms with E-state index >= 15 is 0 Å². The SMILES string of the molecule is N#Cc1ccsc1NC(=O)CSc1nnc(-c2ccncc2)o1. The van der Waals surface area contributed by atoms with Crippen LogP contribution in [-0.2, 0) is 4.79 Å². The first kappa shape index (κ1) is 15.2. The lowest BCUT2D eigenvalue weighted by molar-refractivity contribution is -0.113. The Kier molecular flexibility index (Phi) is 4.65. The van der Waals surface area contributed by atoms with Crippen molar-refractivity contribution in [3.05, 3.63) is 41.5 Å². The molecule has 1 N–H and O–H groups in total. The van der Waals surface area contributed by atoms with Crippen LogP contribution in [0.1, 0.15) is 5.56 Å². The van der Waals surface area contributed by atoms with Crippen LogP contribution in [0.4, 0.5) is 5.00 Å². The molecule has 114 valence electrons. The molecule has 0 aliphatic heterocycles. The number of pyridine rings is 1. The molecule has 0 aliphatic rings. The number of nitrogens with one attached hydrogen (secondary N) is 1. The number of hydrogen-bond donors (Lipinski definition) is 1. The highest BCUT2D eigenvalue weighted by Gasteiger charge is 2.12. The number of nitrogens with zero attached hydrogens (tertiary/aromatic N) is 4. The van der Waals surface area contributed by atoms with Crippen molar-refractivity contribution >= 4 is 34.0 Å². The summed E-state index contributed by atoms with van der Waals surface area (Å²) in [4.78, 5) is 15.8. The van der Waals surface area contributed by atoms with E-state index in [9.17, 15) is 4.79 Å². The highest BCUT2D eigenvalue weighted by molar-refractivity contribution is 7.99. The molecule has 0 spiro atoms. The molecule has 23 heavy (non-hydrogen) atoms. The van der Waals surface area contributed by atoms with Crippen LogP contribution in [0.5, 0.6) is 0 Å². The second-order valence-corrected chi connectivity index (χ2v) is 6.06. The molecule has 0 atom stereocenters. The van der Waals surface area contributed by atoms with Gasteiger partial charge in [-0.25, -0.2) is 0 Å². The molecule has 0 saturated heterocycles. The van der Waals surface area contributed by atoms with Gasteiger partial charge in [-0.15, -0.1) is 21.5 Å². The van der Waals surface area contributed by atoms with Gasteiger partial charge in [-0.05, 0) is 23.6 Å². The average Bonchev–Trinajstić information content (AvgIpc) is 3.23. The molecule has 3 rings (SSSR count). The highest BCUT2D eigenvalue weighted by Crippen LogP contribution is 2.24. The Morgan fingerprint density at radius 3 is 2.96 bits per heavy atom. The standard InChI is InChI=1S/C14H9N5O2S2/c15-7-10-3-6-22-13(10)17-11(20)8-23-14-19-18-12(21-14)9-1-4-16-5-2-9/h1-6H,8H2,(H,17,20). The zero-order chi connectivity index (χ0) is 16.1. The zero-order valence-corrected chi connectivity index (χ0v) is 13.2. The van der Waals surface area contributed by atoms with Crippen molar-refractivity contribution in [3.63, 3.8) is 0 Å². The summed E-state index contributed by atoms with van der Waals surface area (Å²) >= 11 is 2.44. The molecule has 3 heterocycles. The second-order valence-electron chi connectivity index (χ2n) is 4.22. The van der Waals surface area contributed by atoms with Gasteiger partial charge in [-0.1, -0.05) is 11.8 Å². The van der Waals surface area contributed by atoms with Crippen LogP contribution in [0.15, 0.2) is 45.6 Å². The van der Waals surface area contributed by atoms with E-state index in [2.05, 4.69) is 20.5 Å². The Morgan fingerprint density at radius 2 is 2.17 bits per heavy atom. The molecule has 0 aliphatic carbocycles. The number of thiophene rings is 1. The van der Waals surface area contributed by atoms with Gasteiger partial charge in [0.25, 0.3) is 5.22 Å². The number of anilines is 1. The maximum Gasteiger partial charge on any atom is 0.277 e. The first-order valence-corrected chi connectivity index (χ1v) is 8.27. The van der Waals surface area contributed by atoms with Gasteiger partial charge in [-0.3, -0.25) is 9.78 Å². The topological polar surface area (TPSA) is 105 Å². The van der Waals surface area contributed by atoms with Crippen molar-refractivity contribution < 1.29 is 9.21 Å². The average molecular weight is 343 g/mol. The maximum atomic E-state index is 11.9. The minimum absolute atomic E-state index is 0.112. The van der Waals surface area contributed by atoms with Gasteiger partial charge in [0.05, 0.1) is 11.3 Å². The number of nitriles is 1. The first-order valence-electron chi connectivity index (χ1n) is 6.40. The fourth-order valence-corrected chi connectivity index (χ4v) is 2.98. The van der Waals surface area contributed by atoms with Gasteiger partial charge in [0.2, 0.25) is 11.8 Å². The van der Waals surface area contributed by atoms with E-state index in [1.54, 1.807) is 36.0 Å². The molecule has 9 heteroatoms. The number of amides is 1. The first-order chi connectivity index (χ1) is 11.3. The second kappa shape index (κ2) is 7.04. The third-order valence-electron chi connectivity index (χ3n) is 2.70. The van der Waals surface area contributed by atoms with Crippen molar-refractivity contribution in [1.29, 1.82) is 5.26 Å². The fraction of sp³-hybridized carbons (Fsp3) is 0.0714.